The molecule has 120 valence electrons. The summed E-state index contributed by atoms with van der Waals surface area (Å²) >= 11 is 0. The number of nitrogens with zero attached hydrogens (tertiary/aromatic N) is 1. The van der Waals surface area contributed by atoms with Crippen molar-refractivity contribution < 1.29 is 4.79 Å². The first kappa shape index (κ1) is 15.5. The second-order valence-corrected chi connectivity index (χ2v) is 7.11. The molecule has 1 amide bonds. The third-order valence-corrected chi connectivity index (χ3v) is 5.76. The van der Waals surface area contributed by atoms with Crippen LogP contribution in [0.3, 0.4) is 0 Å². The molecule has 1 saturated carbocycles. The quantitative estimate of drug-likeness (QED) is 0.926. The molecule has 1 saturated heterocycles. The van der Waals surface area contributed by atoms with E-state index >= 15 is 0 Å². The van der Waals surface area contributed by atoms with Gasteiger partial charge in [0.2, 0.25) is 5.91 Å². The fourth-order valence-corrected chi connectivity index (χ4v) is 3.63. The molecule has 2 aliphatic rings. The molecule has 0 bridgehead atoms. The average Bonchev–Trinajstić information content (AvgIpc) is 3.27. The molecule has 0 spiro atoms. The highest BCUT2D eigenvalue weighted by Gasteiger charge is 2.54. The average molecular weight is 300 g/mol. The van der Waals surface area contributed by atoms with Gasteiger partial charge in [0, 0.05) is 25.6 Å². The van der Waals surface area contributed by atoms with Crippen LogP contribution in [0, 0.1) is 11.3 Å². The van der Waals surface area contributed by atoms with E-state index in [9.17, 15) is 4.79 Å². The van der Waals surface area contributed by atoms with Crippen molar-refractivity contribution in [3.8, 4) is 0 Å². The molecule has 0 aromatic heterocycles. The van der Waals surface area contributed by atoms with Crippen molar-refractivity contribution in [2.24, 2.45) is 11.3 Å². The predicted octanol–water partition coefficient (Wildman–Crippen LogP) is 3.16. The van der Waals surface area contributed by atoms with E-state index in [2.05, 4.69) is 55.3 Å². The van der Waals surface area contributed by atoms with Crippen LogP contribution in [-0.4, -0.2) is 30.4 Å². The molecule has 1 heterocycles. The van der Waals surface area contributed by atoms with Gasteiger partial charge in [0.1, 0.15) is 0 Å². The van der Waals surface area contributed by atoms with Crippen molar-refractivity contribution in [3.05, 3.63) is 35.4 Å². The smallest absolute Gasteiger partial charge is 0.226 e. The molecule has 1 aliphatic carbocycles. The first-order valence-electron chi connectivity index (χ1n) is 8.69. The van der Waals surface area contributed by atoms with Gasteiger partial charge in [-0.15, -0.1) is 0 Å². The summed E-state index contributed by atoms with van der Waals surface area (Å²) in [5.41, 5.74) is 2.86. The zero-order valence-corrected chi connectivity index (χ0v) is 14.1. The van der Waals surface area contributed by atoms with Crippen LogP contribution in [0.4, 0.5) is 0 Å². The Morgan fingerprint density at radius 3 is 2.64 bits per heavy atom. The number of aryl methyl sites for hydroxylation is 1. The van der Waals surface area contributed by atoms with Gasteiger partial charge in [0.25, 0.3) is 0 Å². The molecule has 1 aromatic carbocycles. The maximum Gasteiger partial charge on any atom is 0.226 e. The van der Waals surface area contributed by atoms with Crippen LogP contribution >= 0.6 is 0 Å². The van der Waals surface area contributed by atoms with E-state index in [4.69, 9.17) is 0 Å². The van der Waals surface area contributed by atoms with Crippen molar-refractivity contribution in [1.29, 1.82) is 0 Å². The highest BCUT2D eigenvalue weighted by molar-refractivity contribution is 5.83. The van der Waals surface area contributed by atoms with Crippen LogP contribution in [-0.2, 0) is 11.2 Å². The summed E-state index contributed by atoms with van der Waals surface area (Å²) in [6.45, 7) is 9.23. The van der Waals surface area contributed by atoms with Gasteiger partial charge in [-0.1, -0.05) is 45.0 Å². The van der Waals surface area contributed by atoms with E-state index in [0.29, 0.717) is 5.91 Å². The number of benzene rings is 1. The monoisotopic (exact) mass is 300 g/mol. The lowest BCUT2D eigenvalue weighted by Crippen LogP contribution is -2.49. The van der Waals surface area contributed by atoms with Crippen LogP contribution in [0.5, 0.6) is 0 Å². The van der Waals surface area contributed by atoms with Gasteiger partial charge in [-0.3, -0.25) is 4.79 Å². The van der Waals surface area contributed by atoms with Gasteiger partial charge in [0.05, 0.1) is 6.04 Å². The van der Waals surface area contributed by atoms with Crippen molar-refractivity contribution in [2.45, 2.75) is 46.1 Å². The minimum Gasteiger partial charge on any atom is -0.333 e. The molecule has 3 heteroatoms. The highest BCUT2D eigenvalue weighted by Crippen LogP contribution is 2.56. The lowest BCUT2D eigenvalue weighted by atomic mass is 9.98. The Morgan fingerprint density at radius 1 is 1.32 bits per heavy atom. The highest BCUT2D eigenvalue weighted by atomic mass is 16.2. The summed E-state index contributed by atoms with van der Waals surface area (Å²) in [5, 5.41) is 3.45. The number of carbonyl (C=O) groups is 1. The summed E-state index contributed by atoms with van der Waals surface area (Å²) in [6.07, 6.45) is 3.22. The Kier molecular flexibility index (Phi) is 4.26. The third-order valence-electron chi connectivity index (χ3n) is 5.76. The molecule has 3 rings (SSSR count). The first-order chi connectivity index (χ1) is 10.6. The van der Waals surface area contributed by atoms with Gasteiger partial charge < -0.3 is 10.2 Å². The number of nitrogens with one attached hydrogen (secondary N) is 1. The Hall–Kier alpha value is -1.35. The second-order valence-electron chi connectivity index (χ2n) is 7.11. The van der Waals surface area contributed by atoms with E-state index in [1.165, 1.54) is 11.1 Å². The van der Waals surface area contributed by atoms with E-state index < -0.39 is 0 Å². The van der Waals surface area contributed by atoms with Gasteiger partial charge in [0.15, 0.2) is 0 Å². The lowest BCUT2D eigenvalue weighted by Gasteiger charge is -2.37. The predicted molar refractivity (Wildman–Crippen MR) is 89.6 cm³/mol. The largest absolute Gasteiger partial charge is 0.333 e. The fourth-order valence-electron chi connectivity index (χ4n) is 3.63. The molecule has 22 heavy (non-hydrogen) atoms. The van der Waals surface area contributed by atoms with Crippen molar-refractivity contribution in [1.82, 2.24) is 10.2 Å². The number of piperazine rings is 1. The number of hydrogen-bond donors (Lipinski definition) is 1. The van der Waals surface area contributed by atoms with E-state index in [0.717, 1.165) is 38.9 Å². The molecule has 1 aliphatic heterocycles. The van der Waals surface area contributed by atoms with Crippen molar-refractivity contribution >= 4 is 5.91 Å². The molecule has 1 aromatic rings. The Balaban J connectivity index is 1.77. The van der Waals surface area contributed by atoms with Gasteiger partial charge in [-0.05, 0) is 35.8 Å². The van der Waals surface area contributed by atoms with Crippen molar-refractivity contribution in [2.75, 3.05) is 19.6 Å². The van der Waals surface area contributed by atoms with Gasteiger partial charge in [-0.2, -0.15) is 0 Å². The summed E-state index contributed by atoms with van der Waals surface area (Å²) in [4.78, 5) is 15.1. The molecule has 2 fully saturated rings. The SMILES string of the molecule is CCc1ccc(C2CNCCN2C(=O)C2CC2(C)CC)cc1. The Labute approximate surface area is 134 Å². The number of amides is 1. The molecule has 0 radical (unpaired) electrons. The molecule has 3 unspecified atom stereocenters. The number of rotatable bonds is 4. The minimum atomic E-state index is 0.189. The molecule has 3 nitrogen and oxygen atoms in total. The standard InChI is InChI=1S/C19H28N2O/c1-4-14-6-8-15(9-7-14)17-13-20-10-11-21(17)18(22)16-12-19(16,3)5-2/h6-9,16-17,20H,4-5,10-13H2,1-3H3. The maximum atomic E-state index is 12.9. The number of hydrogen-bond acceptors (Lipinski definition) is 2. The molecule has 3 atom stereocenters. The fraction of sp³-hybridized carbons (Fsp3) is 0.632. The minimum absolute atomic E-state index is 0.189. The zero-order chi connectivity index (χ0) is 15.7. The van der Waals surface area contributed by atoms with E-state index in [1.54, 1.807) is 0 Å². The van der Waals surface area contributed by atoms with E-state index in [-0.39, 0.29) is 17.4 Å². The van der Waals surface area contributed by atoms with E-state index in [1.807, 2.05) is 0 Å². The normalized spacial score (nSPS) is 31.1. The Bertz CT molecular complexity index is 539. The summed E-state index contributed by atoms with van der Waals surface area (Å²) in [7, 11) is 0. The topological polar surface area (TPSA) is 32.3 Å². The summed E-state index contributed by atoms with van der Waals surface area (Å²) in [5.74, 6) is 0.614. The molecular formula is C19H28N2O. The third kappa shape index (κ3) is 2.79. The molecule has 1 N–H and O–H groups in total. The van der Waals surface area contributed by atoms with Crippen molar-refractivity contribution in [3.63, 3.8) is 0 Å². The van der Waals surface area contributed by atoms with Gasteiger partial charge >= 0.3 is 0 Å². The van der Waals surface area contributed by atoms with Crippen LogP contribution in [0.25, 0.3) is 0 Å². The zero-order valence-electron chi connectivity index (χ0n) is 14.1. The van der Waals surface area contributed by atoms with Crippen LogP contribution < -0.4 is 5.32 Å². The van der Waals surface area contributed by atoms with Crippen LogP contribution in [0.1, 0.15) is 50.8 Å². The summed E-state index contributed by atoms with van der Waals surface area (Å²) < 4.78 is 0. The maximum absolute atomic E-state index is 12.9. The van der Waals surface area contributed by atoms with Gasteiger partial charge in [-0.25, -0.2) is 0 Å². The second kappa shape index (κ2) is 6.04. The lowest BCUT2D eigenvalue weighted by molar-refractivity contribution is -0.136. The summed E-state index contributed by atoms with van der Waals surface area (Å²) in [6, 6.07) is 8.97. The van der Waals surface area contributed by atoms with Crippen LogP contribution in [0.15, 0.2) is 24.3 Å². The van der Waals surface area contributed by atoms with Crippen LogP contribution in [0.2, 0.25) is 0 Å². The first-order valence-corrected chi connectivity index (χ1v) is 8.69. The molecular weight excluding hydrogens is 272 g/mol. The number of carbonyl (C=O) groups excluding carboxylic acids is 1. The Morgan fingerprint density at radius 2 is 2.05 bits per heavy atom.